The molecule has 1 saturated heterocycles. The molecule has 1 aliphatic rings. The van der Waals surface area contributed by atoms with E-state index in [0.717, 1.165) is 5.92 Å². The lowest BCUT2D eigenvalue weighted by molar-refractivity contribution is 0.374. The van der Waals surface area contributed by atoms with Gasteiger partial charge in [-0.3, -0.25) is 0 Å². The van der Waals surface area contributed by atoms with Gasteiger partial charge in [-0.05, 0) is 45.2 Å². The third kappa shape index (κ3) is 2.83. The van der Waals surface area contributed by atoms with Crippen molar-refractivity contribution in [1.29, 1.82) is 0 Å². The van der Waals surface area contributed by atoms with Crippen molar-refractivity contribution >= 4 is 11.3 Å². The van der Waals surface area contributed by atoms with Gasteiger partial charge in [-0.2, -0.15) is 0 Å². The van der Waals surface area contributed by atoms with Crippen LogP contribution in [0.15, 0.2) is 0 Å². The fourth-order valence-electron chi connectivity index (χ4n) is 2.23. The first-order valence-electron chi connectivity index (χ1n) is 6.33. The molecule has 0 radical (unpaired) electrons. The predicted molar refractivity (Wildman–Crippen MR) is 70.2 cm³/mol. The molecule has 2 heterocycles. The SMILES string of the molecule is Cc1nc(C(C)C)sc1CC1CCNCC1. The summed E-state index contributed by atoms with van der Waals surface area (Å²) in [6, 6.07) is 0. The molecule has 0 aromatic carbocycles. The predicted octanol–water partition coefficient (Wildman–Crippen LogP) is 3.12. The van der Waals surface area contributed by atoms with Gasteiger partial charge in [-0.25, -0.2) is 4.98 Å². The molecule has 3 heteroatoms. The van der Waals surface area contributed by atoms with Crippen molar-refractivity contribution in [3.05, 3.63) is 15.6 Å². The van der Waals surface area contributed by atoms with Crippen LogP contribution in [0.1, 0.15) is 48.2 Å². The molecule has 0 atom stereocenters. The minimum Gasteiger partial charge on any atom is -0.317 e. The van der Waals surface area contributed by atoms with Gasteiger partial charge in [0.05, 0.1) is 10.7 Å². The van der Waals surface area contributed by atoms with E-state index in [-0.39, 0.29) is 0 Å². The third-order valence-electron chi connectivity index (χ3n) is 3.34. The molecule has 1 aromatic rings. The lowest BCUT2D eigenvalue weighted by atomic mass is 9.94. The van der Waals surface area contributed by atoms with Crippen molar-refractivity contribution < 1.29 is 0 Å². The smallest absolute Gasteiger partial charge is 0.0956 e. The van der Waals surface area contributed by atoms with Gasteiger partial charge in [0.25, 0.3) is 0 Å². The summed E-state index contributed by atoms with van der Waals surface area (Å²) in [6.45, 7) is 9.01. The van der Waals surface area contributed by atoms with E-state index in [1.807, 2.05) is 11.3 Å². The number of aromatic nitrogens is 1. The van der Waals surface area contributed by atoms with E-state index >= 15 is 0 Å². The highest BCUT2D eigenvalue weighted by molar-refractivity contribution is 7.11. The molecule has 1 N–H and O–H groups in total. The molecule has 0 spiro atoms. The summed E-state index contributed by atoms with van der Waals surface area (Å²) < 4.78 is 0. The summed E-state index contributed by atoms with van der Waals surface area (Å²) in [7, 11) is 0. The maximum atomic E-state index is 4.68. The molecule has 0 unspecified atom stereocenters. The highest BCUT2D eigenvalue weighted by atomic mass is 32.1. The Labute approximate surface area is 102 Å². The first kappa shape index (κ1) is 12.1. The van der Waals surface area contributed by atoms with Gasteiger partial charge in [0.15, 0.2) is 0 Å². The number of rotatable bonds is 3. The summed E-state index contributed by atoms with van der Waals surface area (Å²) in [5.41, 5.74) is 1.27. The van der Waals surface area contributed by atoms with Gasteiger partial charge in [-0.15, -0.1) is 11.3 Å². The Morgan fingerprint density at radius 2 is 2.06 bits per heavy atom. The zero-order valence-electron chi connectivity index (χ0n) is 10.5. The van der Waals surface area contributed by atoms with E-state index in [9.17, 15) is 0 Å². The molecule has 0 saturated carbocycles. The normalized spacial score (nSPS) is 18.2. The second-order valence-corrected chi connectivity index (χ2v) is 6.23. The van der Waals surface area contributed by atoms with Gasteiger partial charge in [-0.1, -0.05) is 13.8 Å². The number of aryl methyl sites for hydroxylation is 1. The molecule has 1 aliphatic heterocycles. The van der Waals surface area contributed by atoms with Crippen molar-refractivity contribution in [3.8, 4) is 0 Å². The molecule has 1 aromatic heterocycles. The van der Waals surface area contributed by atoms with Crippen molar-refractivity contribution in [2.75, 3.05) is 13.1 Å². The monoisotopic (exact) mass is 238 g/mol. The Bertz CT molecular complexity index is 338. The number of thiazole rings is 1. The Hall–Kier alpha value is -0.410. The van der Waals surface area contributed by atoms with Crippen LogP contribution in [-0.2, 0) is 6.42 Å². The van der Waals surface area contributed by atoms with E-state index < -0.39 is 0 Å². The zero-order chi connectivity index (χ0) is 11.5. The summed E-state index contributed by atoms with van der Waals surface area (Å²) in [5.74, 6) is 1.45. The van der Waals surface area contributed by atoms with Crippen LogP contribution in [0.2, 0.25) is 0 Å². The van der Waals surface area contributed by atoms with E-state index in [1.54, 1.807) is 0 Å². The van der Waals surface area contributed by atoms with Crippen molar-refractivity contribution in [1.82, 2.24) is 10.3 Å². The second-order valence-electron chi connectivity index (χ2n) is 5.11. The zero-order valence-corrected chi connectivity index (χ0v) is 11.4. The van der Waals surface area contributed by atoms with Gasteiger partial charge < -0.3 is 5.32 Å². The molecule has 0 bridgehead atoms. The van der Waals surface area contributed by atoms with Gasteiger partial charge in [0, 0.05) is 10.8 Å². The number of nitrogens with zero attached hydrogens (tertiary/aromatic N) is 1. The van der Waals surface area contributed by atoms with Crippen molar-refractivity contribution in [2.45, 2.75) is 46.0 Å². The number of hydrogen-bond acceptors (Lipinski definition) is 3. The van der Waals surface area contributed by atoms with Crippen LogP contribution in [-0.4, -0.2) is 18.1 Å². The minimum atomic E-state index is 0.575. The van der Waals surface area contributed by atoms with Crippen LogP contribution < -0.4 is 5.32 Å². The van der Waals surface area contributed by atoms with Gasteiger partial charge in [0.2, 0.25) is 0 Å². The van der Waals surface area contributed by atoms with Crippen molar-refractivity contribution in [3.63, 3.8) is 0 Å². The maximum absolute atomic E-state index is 4.68. The van der Waals surface area contributed by atoms with Crippen LogP contribution >= 0.6 is 11.3 Å². The molecule has 90 valence electrons. The average Bonchev–Trinajstić information content (AvgIpc) is 2.62. The van der Waals surface area contributed by atoms with E-state index in [0.29, 0.717) is 5.92 Å². The highest BCUT2D eigenvalue weighted by Crippen LogP contribution is 2.28. The Kier molecular flexibility index (Phi) is 3.98. The molecular formula is C13H22N2S. The number of hydrogen-bond donors (Lipinski definition) is 1. The Morgan fingerprint density at radius 3 is 2.62 bits per heavy atom. The molecule has 2 rings (SSSR count). The molecule has 2 nitrogen and oxygen atoms in total. The molecule has 0 aliphatic carbocycles. The first-order valence-corrected chi connectivity index (χ1v) is 7.15. The van der Waals surface area contributed by atoms with Gasteiger partial charge in [0.1, 0.15) is 0 Å². The standard InChI is InChI=1S/C13H22N2S/c1-9(2)13-15-10(3)12(16-13)8-11-4-6-14-7-5-11/h9,11,14H,4-8H2,1-3H3. The summed E-state index contributed by atoms with van der Waals surface area (Å²) in [4.78, 5) is 6.20. The fraction of sp³-hybridized carbons (Fsp3) is 0.769. The number of nitrogens with one attached hydrogen (secondary N) is 1. The summed E-state index contributed by atoms with van der Waals surface area (Å²) >= 11 is 1.93. The quantitative estimate of drug-likeness (QED) is 0.875. The largest absolute Gasteiger partial charge is 0.317 e. The molecule has 1 fully saturated rings. The summed E-state index contributed by atoms with van der Waals surface area (Å²) in [6.07, 6.45) is 3.90. The van der Waals surface area contributed by atoms with E-state index in [4.69, 9.17) is 0 Å². The topological polar surface area (TPSA) is 24.9 Å². The maximum Gasteiger partial charge on any atom is 0.0956 e. The summed E-state index contributed by atoms with van der Waals surface area (Å²) in [5, 5.41) is 4.73. The Balaban J connectivity index is 2.02. The molecular weight excluding hydrogens is 216 g/mol. The third-order valence-corrected chi connectivity index (χ3v) is 4.82. The number of piperidine rings is 1. The van der Waals surface area contributed by atoms with Crippen LogP contribution in [0.3, 0.4) is 0 Å². The van der Waals surface area contributed by atoms with Crippen LogP contribution in [0.25, 0.3) is 0 Å². The Morgan fingerprint density at radius 1 is 1.38 bits per heavy atom. The lowest BCUT2D eigenvalue weighted by Gasteiger charge is -2.21. The first-order chi connectivity index (χ1) is 7.66. The highest BCUT2D eigenvalue weighted by Gasteiger charge is 2.17. The van der Waals surface area contributed by atoms with E-state index in [2.05, 4.69) is 31.1 Å². The van der Waals surface area contributed by atoms with Crippen LogP contribution in [0.4, 0.5) is 0 Å². The molecule has 16 heavy (non-hydrogen) atoms. The molecule has 0 amide bonds. The van der Waals surface area contributed by atoms with Crippen LogP contribution in [0.5, 0.6) is 0 Å². The second kappa shape index (κ2) is 5.28. The lowest BCUT2D eigenvalue weighted by Crippen LogP contribution is -2.28. The van der Waals surface area contributed by atoms with Gasteiger partial charge >= 0.3 is 0 Å². The van der Waals surface area contributed by atoms with Crippen LogP contribution in [0, 0.1) is 12.8 Å². The minimum absolute atomic E-state index is 0.575. The average molecular weight is 238 g/mol. The van der Waals surface area contributed by atoms with Crippen molar-refractivity contribution in [2.24, 2.45) is 5.92 Å². The fourth-order valence-corrected chi connectivity index (χ4v) is 3.42. The van der Waals surface area contributed by atoms with E-state index in [1.165, 1.54) is 47.9 Å².